The number of benzene rings is 4. The first-order valence-corrected chi connectivity index (χ1v) is 20.3. The van der Waals surface area contributed by atoms with E-state index in [2.05, 4.69) is 49.5 Å². The number of amides is 1. The summed E-state index contributed by atoms with van der Waals surface area (Å²) >= 11 is 0. The Balaban J connectivity index is 1.18. The van der Waals surface area contributed by atoms with Crippen molar-refractivity contribution < 1.29 is 23.9 Å². The molecule has 6 aromatic rings. The smallest absolute Gasteiger partial charge is 0.420 e. The van der Waals surface area contributed by atoms with Crippen molar-refractivity contribution in [1.82, 2.24) is 14.9 Å². The van der Waals surface area contributed by atoms with Crippen LogP contribution in [0.4, 0.5) is 10.5 Å². The number of rotatable bonds is 12. The Kier molecular flexibility index (Phi) is 10.6. The quantitative estimate of drug-likeness (QED) is 0.0784. The number of aromatic amines is 1. The molecule has 0 radical (unpaired) electrons. The van der Waals surface area contributed by atoms with Gasteiger partial charge in [0.1, 0.15) is 5.75 Å². The van der Waals surface area contributed by atoms with Gasteiger partial charge in [-0.1, -0.05) is 87.5 Å². The molecule has 1 atom stereocenters. The molecule has 0 bridgehead atoms. The summed E-state index contributed by atoms with van der Waals surface area (Å²) in [7, 11) is -2.25. The molecule has 274 valence electrons. The summed E-state index contributed by atoms with van der Waals surface area (Å²) in [6.45, 7) is 12.1. The normalized spacial score (nSPS) is 12.8. The van der Waals surface area contributed by atoms with Crippen LogP contribution >= 0.6 is 0 Å². The third-order valence-electron chi connectivity index (χ3n) is 9.86. The standard InChI is InChI=1S/C41H44N4O7Si/c1-41(2,3)53(4,5)52-36(30-16-19-34(46)38-31(30)17-20-37(47)44-38)25-42-24-27-14-18-33-35(23-27)51-40(50)45(33)21-9-10-26-13-15-29(28-11-7-6-8-12-28)32(22-26)43-39(48)49/h6-20,22-23,36,42-43,46H,21,24-25H2,1-5H3,(H,44,47)(H,48,49)/t36-/m0/s1. The van der Waals surface area contributed by atoms with Gasteiger partial charge in [-0.3, -0.25) is 14.7 Å². The Morgan fingerprint density at radius 1 is 1.00 bits per heavy atom. The highest BCUT2D eigenvalue weighted by atomic mass is 28.4. The van der Waals surface area contributed by atoms with Gasteiger partial charge >= 0.3 is 11.8 Å². The van der Waals surface area contributed by atoms with Crippen molar-refractivity contribution in [2.24, 2.45) is 0 Å². The van der Waals surface area contributed by atoms with Gasteiger partial charge in [0.25, 0.3) is 0 Å². The van der Waals surface area contributed by atoms with Crippen molar-refractivity contribution in [3.63, 3.8) is 0 Å². The lowest BCUT2D eigenvalue weighted by Gasteiger charge is -2.39. The lowest BCUT2D eigenvalue weighted by molar-refractivity contribution is 0.181. The van der Waals surface area contributed by atoms with Crippen LogP contribution in [0.25, 0.3) is 39.2 Å². The van der Waals surface area contributed by atoms with E-state index in [1.54, 1.807) is 22.8 Å². The molecule has 5 N–H and O–H groups in total. The molecule has 0 saturated carbocycles. The summed E-state index contributed by atoms with van der Waals surface area (Å²) in [5.74, 6) is -0.486. The second-order valence-corrected chi connectivity index (χ2v) is 19.3. The van der Waals surface area contributed by atoms with Crippen LogP contribution in [0, 0.1) is 0 Å². The zero-order valence-corrected chi connectivity index (χ0v) is 31.4. The molecule has 2 aromatic heterocycles. The van der Waals surface area contributed by atoms with Crippen molar-refractivity contribution in [2.75, 3.05) is 11.9 Å². The maximum Gasteiger partial charge on any atom is 0.420 e. The molecular weight excluding hydrogens is 689 g/mol. The summed E-state index contributed by atoms with van der Waals surface area (Å²) in [6, 6.07) is 27.3. The lowest BCUT2D eigenvalue weighted by Crippen LogP contribution is -2.43. The van der Waals surface area contributed by atoms with Crippen LogP contribution in [0.2, 0.25) is 18.1 Å². The van der Waals surface area contributed by atoms with Crippen LogP contribution in [0.3, 0.4) is 0 Å². The van der Waals surface area contributed by atoms with Gasteiger partial charge in [-0.25, -0.2) is 9.59 Å². The topological polar surface area (TPSA) is 159 Å². The van der Waals surface area contributed by atoms with Crippen LogP contribution < -0.4 is 21.9 Å². The van der Waals surface area contributed by atoms with E-state index in [1.165, 1.54) is 6.07 Å². The van der Waals surface area contributed by atoms with E-state index in [9.17, 15) is 24.6 Å². The largest absolute Gasteiger partial charge is 0.506 e. The molecule has 6 rings (SSSR count). The predicted molar refractivity (Wildman–Crippen MR) is 212 cm³/mol. The highest BCUT2D eigenvalue weighted by Crippen LogP contribution is 2.41. The number of phenols is 1. The van der Waals surface area contributed by atoms with Crippen molar-refractivity contribution in [3.05, 3.63) is 135 Å². The molecule has 0 spiro atoms. The first-order valence-electron chi connectivity index (χ1n) is 17.4. The average molecular weight is 733 g/mol. The molecule has 53 heavy (non-hydrogen) atoms. The highest BCUT2D eigenvalue weighted by molar-refractivity contribution is 6.74. The maximum atomic E-state index is 12.9. The number of hydrogen-bond donors (Lipinski definition) is 5. The number of aromatic hydroxyl groups is 1. The zero-order chi connectivity index (χ0) is 37.9. The Bertz CT molecular complexity index is 2420. The molecule has 0 aliphatic heterocycles. The van der Waals surface area contributed by atoms with Gasteiger partial charge in [0, 0.05) is 36.7 Å². The third kappa shape index (κ3) is 8.36. The number of aromatic nitrogens is 2. The van der Waals surface area contributed by atoms with Crippen LogP contribution in [0.5, 0.6) is 5.75 Å². The van der Waals surface area contributed by atoms with Crippen LogP contribution in [0.1, 0.15) is 43.6 Å². The van der Waals surface area contributed by atoms with Gasteiger partial charge in [-0.05, 0) is 70.7 Å². The molecular formula is C41H44N4O7Si. The fraction of sp³-hybridized carbons (Fsp3) is 0.244. The predicted octanol–water partition coefficient (Wildman–Crippen LogP) is 8.46. The first kappa shape index (κ1) is 37.1. The molecule has 0 aliphatic rings. The number of nitrogens with one attached hydrogen (secondary N) is 3. The number of carbonyl (C=O) groups is 1. The van der Waals surface area contributed by atoms with Crippen molar-refractivity contribution >= 4 is 48.2 Å². The second-order valence-electron chi connectivity index (χ2n) is 14.6. The van der Waals surface area contributed by atoms with Crippen molar-refractivity contribution in [3.8, 4) is 16.9 Å². The number of anilines is 1. The molecule has 11 nitrogen and oxygen atoms in total. The van der Waals surface area contributed by atoms with Crippen LogP contribution in [-0.4, -0.2) is 40.7 Å². The fourth-order valence-electron chi connectivity index (χ4n) is 6.08. The number of oxazole rings is 1. The van der Waals surface area contributed by atoms with Gasteiger partial charge in [-0.2, -0.15) is 0 Å². The molecule has 0 unspecified atom stereocenters. The minimum absolute atomic E-state index is 0.00243. The number of carboxylic acid groups (broad SMARTS) is 1. The van der Waals surface area contributed by atoms with Gasteiger partial charge in [-0.15, -0.1) is 0 Å². The maximum absolute atomic E-state index is 12.9. The molecule has 2 heterocycles. The summed E-state index contributed by atoms with van der Waals surface area (Å²) in [5.41, 5.74) is 5.85. The van der Waals surface area contributed by atoms with E-state index in [0.717, 1.165) is 33.2 Å². The average Bonchev–Trinajstić information content (AvgIpc) is 3.41. The molecule has 1 amide bonds. The van der Waals surface area contributed by atoms with Gasteiger partial charge in [0.15, 0.2) is 13.9 Å². The molecule has 0 aliphatic carbocycles. The van der Waals surface area contributed by atoms with Gasteiger partial charge < -0.3 is 29.4 Å². The van der Waals surface area contributed by atoms with Crippen molar-refractivity contribution in [2.45, 2.75) is 58.1 Å². The number of hydrogen-bond acceptors (Lipinski definition) is 7. The molecule has 4 aromatic carbocycles. The van der Waals surface area contributed by atoms with E-state index >= 15 is 0 Å². The van der Waals surface area contributed by atoms with E-state index in [-0.39, 0.29) is 29.0 Å². The summed E-state index contributed by atoms with van der Waals surface area (Å²) in [5, 5.41) is 26.6. The Hall–Kier alpha value is -5.69. The third-order valence-corrected chi connectivity index (χ3v) is 14.3. The number of allylic oxidation sites excluding steroid dienone is 1. The molecule has 0 saturated heterocycles. The summed E-state index contributed by atoms with van der Waals surface area (Å²) < 4.78 is 14.1. The summed E-state index contributed by atoms with van der Waals surface area (Å²) in [6.07, 6.45) is 2.14. The van der Waals surface area contributed by atoms with E-state index < -0.39 is 20.2 Å². The van der Waals surface area contributed by atoms with Crippen LogP contribution in [-0.2, 0) is 17.5 Å². The summed E-state index contributed by atoms with van der Waals surface area (Å²) in [4.78, 5) is 39.2. The van der Waals surface area contributed by atoms with Crippen LogP contribution in [0.15, 0.2) is 111 Å². The second kappa shape index (κ2) is 15.1. The van der Waals surface area contributed by atoms with Gasteiger partial charge in [0.2, 0.25) is 5.56 Å². The Morgan fingerprint density at radius 3 is 2.51 bits per heavy atom. The highest BCUT2D eigenvalue weighted by Gasteiger charge is 2.39. The lowest BCUT2D eigenvalue weighted by atomic mass is 10.0. The molecule has 0 fully saturated rings. The number of phenolic OH excluding ortho intramolecular Hbond substituents is 1. The van der Waals surface area contributed by atoms with E-state index in [1.807, 2.05) is 78.9 Å². The Labute approximate surface area is 307 Å². The number of fused-ring (bicyclic) bond motifs is 2. The minimum Gasteiger partial charge on any atom is -0.506 e. The van der Waals surface area contributed by atoms with Crippen molar-refractivity contribution in [1.29, 1.82) is 0 Å². The fourth-order valence-corrected chi connectivity index (χ4v) is 7.35. The zero-order valence-electron chi connectivity index (χ0n) is 30.4. The Morgan fingerprint density at radius 2 is 1.77 bits per heavy atom. The van der Waals surface area contributed by atoms with E-state index in [4.69, 9.17) is 8.84 Å². The van der Waals surface area contributed by atoms with E-state index in [0.29, 0.717) is 35.4 Å². The number of nitrogens with zero attached hydrogens (tertiary/aromatic N) is 1. The number of H-pyrrole nitrogens is 1. The van der Waals surface area contributed by atoms with Gasteiger partial charge in [0.05, 0.1) is 22.8 Å². The SMILES string of the molecule is CC(C)(C)[Si](C)(C)O[C@@H](CNCc1ccc2c(c1)oc(=O)n2CC=Cc1ccc(-c2ccccc2)c(NC(=O)O)c1)c1ccc(O)c2[nH]c(=O)ccc12. The monoisotopic (exact) mass is 732 g/mol. The first-order chi connectivity index (χ1) is 25.2. The minimum atomic E-state index is -2.25. The number of pyridine rings is 1. The molecule has 12 heteroatoms.